The highest BCUT2D eigenvalue weighted by Crippen LogP contribution is 2.28. The van der Waals surface area contributed by atoms with Crippen LogP contribution in [-0.4, -0.2) is 62.9 Å². The SMILES string of the molecule is CCCC(O)C1CN(C)C(=O)c2c3c(nn2C1)CCN(C(=O)Nc1ccc(F)c(Cl)c1)C3. The predicted octanol–water partition coefficient (Wildman–Crippen LogP) is 3.13. The van der Waals surface area contributed by atoms with E-state index in [2.05, 4.69) is 10.4 Å². The molecule has 2 aliphatic rings. The Morgan fingerprint density at radius 1 is 1.41 bits per heavy atom. The molecule has 0 spiro atoms. The monoisotopic (exact) mass is 463 g/mol. The first-order valence-corrected chi connectivity index (χ1v) is 11.2. The van der Waals surface area contributed by atoms with E-state index in [9.17, 15) is 19.1 Å². The minimum absolute atomic E-state index is 0.0702. The molecule has 0 radical (unpaired) electrons. The Bertz CT molecular complexity index is 1040. The maximum absolute atomic E-state index is 13.4. The molecule has 0 saturated carbocycles. The maximum atomic E-state index is 13.4. The number of nitrogens with zero attached hydrogens (tertiary/aromatic N) is 4. The fourth-order valence-corrected chi connectivity index (χ4v) is 4.60. The lowest BCUT2D eigenvalue weighted by molar-refractivity contribution is 0.0604. The van der Waals surface area contributed by atoms with Crippen LogP contribution in [0.4, 0.5) is 14.9 Å². The molecule has 2 unspecified atom stereocenters. The number of hydrogen-bond acceptors (Lipinski definition) is 4. The molecule has 2 atom stereocenters. The molecule has 1 aromatic heterocycles. The number of carbonyl (C=O) groups excluding carboxylic acids is 2. The largest absolute Gasteiger partial charge is 0.393 e. The second-order valence-corrected chi connectivity index (χ2v) is 8.90. The van der Waals surface area contributed by atoms with Crippen LogP contribution < -0.4 is 5.32 Å². The zero-order valence-corrected chi connectivity index (χ0v) is 18.9. The minimum atomic E-state index is -0.556. The van der Waals surface area contributed by atoms with Crippen LogP contribution in [0.1, 0.15) is 41.5 Å². The van der Waals surface area contributed by atoms with Gasteiger partial charge in [0, 0.05) is 50.3 Å². The van der Waals surface area contributed by atoms with E-state index in [0.717, 1.165) is 17.7 Å². The van der Waals surface area contributed by atoms with Crippen LogP contribution in [-0.2, 0) is 19.5 Å². The predicted molar refractivity (Wildman–Crippen MR) is 118 cm³/mol. The first-order chi connectivity index (χ1) is 15.3. The summed E-state index contributed by atoms with van der Waals surface area (Å²) in [6, 6.07) is 3.64. The quantitative estimate of drug-likeness (QED) is 0.728. The smallest absolute Gasteiger partial charge is 0.322 e. The van der Waals surface area contributed by atoms with Gasteiger partial charge in [-0.2, -0.15) is 5.10 Å². The highest BCUT2D eigenvalue weighted by atomic mass is 35.5. The summed E-state index contributed by atoms with van der Waals surface area (Å²) < 4.78 is 15.1. The normalized spacial score (nSPS) is 19.3. The summed E-state index contributed by atoms with van der Waals surface area (Å²) >= 11 is 5.80. The van der Waals surface area contributed by atoms with Crippen molar-refractivity contribution in [3.63, 3.8) is 0 Å². The summed E-state index contributed by atoms with van der Waals surface area (Å²) in [6.45, 7) is 3.61. The van der Waals surface area contributed by atoms with Gasteiger partial charge in [-0.25, -0.2) is 9.18 Å². The Kier molecular flexibility index (Phi) is 6.39. The van der Waals surface area contributed by atoms with Crippen LogP contribution in [0.15, 0.2) is 18.2 Å². The van der Waals surface area contributed by atoms with Crippen LogP contribution in [0.2, 0.25) is 5.02 Å². The van der Waals surface area contributed by atoms with Crippen molar-refractivity contribution in [3.8, 4) is 0 Å². The van der Waals surface area contributed by atoms with E-state index in [1.165, 1.54) is 18.2 Å². The van der Waals surface area contributed by atoms with Gasteiger partial charge in [-0.15, -0.1) is 0 Å². The van der Waals surface area contributed by atoms with E-state index in [4.69, 9.17) is 11.6 Å². The molecular weight excluding hydrogens is 437 g/mol. The number of carbonyl (C=O) groups is 2. The van der Waals surface area contributed by atoms with Gasteiger partial charge in [0.05, 0.1) is 23.4 Å². The Labute approximate surface area is 190 Å². The summed E-state index contributed by atoms with van der Waals surface area (Å²) in [7, 11) is 1.73. The molecule has 10 heteroatoms. The minimum Gasteiger partial charge on any atom is -0.393 e. The van der Waals surface area contributed by atoms with E-state index in [1.807, 2.05) is 6.92 Å². The van der Waals surface area contributed by atoms with Crippen molar-refractivity contribution in [2.24, 2.45) is 5.92 Å². The Morgan fingerprint density at radius 3 is 2.91 bits per heavy atom. The van der Waals surface area contributed by atoms with Crippen molar-refractivity contribution in [2.45, 2.75) is 45.4 Å². The lowest BCUT2D eigenvalue weighted by atomic mass is 9.98. The zero-order chi connectivity index (χ0) is 23.0. The molecule has 4 rings (SSSR count). The van der Waals surface area contributed by atoms with Gasteiger partial charge in [0.15, 0.2) is 0 Å². The van der Waals surface area contributed by atoms with Crippen molar-refractivity contribution in [2.75, 3.05) is 25.5 Å². The fraction of sp³-hybridized carbons (Fsp3) is 0.500. The van der Waals surface area contributed by atoms with Crippen LogP contribution in [0.3, 0.4) is 0 Å². The van der Waals surface area contributed by atoms with E-state index in [-0.39, 0.29) is 29.4 Å². The van der Waals surface area contributed by atoms with E-state index < -0.39 is 11.9 Å². The second-order valence-electron chi connectivity index (χ2n) is 8.49. The molecule has 2 aliphatic heterocycles. The van der Waals surface area contributed by atoms with Gasteiger partial charge >= 0.3 is 6.03 Å². The molecule has 8 nitrogen and oxygen atoms in total. The number of hydrogen-bond donors (Lipinski definition) is 2. The lowest BCUT2D eigenvalue weighted by Gasteiger charge is -2.28. The van der Waals surface area contributed by atoms with Crippen molar-refractivity contribution in [1.82, 2.24) is 19.6 Å². The first kappa shape index (κ1) is 22.5. The third kappa shape index (κ3) is 4.31. The van der Waals surface area contributed by atoms with Crippen LogP contribution in [0.5, 0.6) is 0 Å². The number of amides is 3. The van der Waals surface area contributed by atoms with Gasteiger partial charge in [-0.05, 0) is 24.6 Å². The standard InChI is InChI=1S/C22H27ClFN5O3/c1-3-4-19(30)13-10-27(2)21(31)20-15-12-28(8-7-18(15)26-29(20)11-13)22(32)25-14-5-6-17(24)16(23)9-14/h5-6,9,13,19,30H,3-4,7-8,10-12H2,1-2H3,(H,25,32). The third-order valence-electron chi connectivity index (χ3n) is 6.15. The van der Waals surface area contributed by atoms with E-state index in [0.29, 0.717) is 43.9 Å². The summed E-state index contributed by atoms with van der Waals surface area (Å²) in [5, 5.41) is 17.9. The number of aromatic nitrogens is 2. The summed E-state index contributed by atoms with van der Waals surface area (Å²) in [5.41, 5.74) is 2.42. The highest BCUT2D eigenvalue weighted by Gasteiger charge is 2.36. The summed E-state index contributed by atoms with van der Waals surface area (Å²) in [4.78, 5) is 29.2. The molecule has 3 heterocycles. The Morgan fingerprint density at radius 2 is 2.19 bits per heavy atom. The average molecular weight is 464 g/mol. The molecule has 0 aliphatic carbocycles. The lowest BCUT2D eigenvalue weighted by Crippen LogP contribution is -2.40. The molecule has 3 amide bonds. The number of nitrogens with one attached hydrogen (secondary N) is 1. The Hall–Kier alpha value is -2.65. The van der Waals surface area contributed by atoms with Gasteiger partial charge in [-0.3, -0.25) is 9.48 Å². The molecule has 32 heavy (non-hydrogen) atoms. The molecular formula is C22H27ClFN5O3. The molecule has 1 aromatic carbocycles. The summed E-state index contributed by atoms with van der Waals surface area (Å²) in [5.74, 6) is -0.813. The van der Waals surface area contributed by atoms with Gasteiger partial charge < -0.3 is 20.2 Å². The number of aliphatic hydroxyl groups is 1. The number of anilines is 1. The second kappa shape index (κ2) is 9.07. The summed E-state index contributed by atoms with van der Waals surface area (Å²) in [6.07, 6.45) is 1.55. The molecule has 2 N–H and O–H groups in total. The van der Waals surface area contributed by atoms with Crippen LogP contribution in [0.25, 0.3) is 0 Å². The molecule has 2 aromatic rings. The first-order valence-electron chi connectivity index (χ1n) is 10.8. The number of urea groups is 1. The van der Waals surface area contributed by atoms with Crippen LogP contribution in [0, 0.1) is 11.7 Å². The molecule has 0 saturated heterocycles. The third-order valence-corrected chi connectivity index (χ3v) is 6.44. The van der Waals surface area contributed by atoms with E-state index in [1.54, 1.807) is 21.5 Å². The molecule has 0 fully saturated rings. The van der Waals surface area contributed by atoms with Crippen LogP contribution >= 0.6 is 11.6 Å². The van der Waals surface area contributed by atoms with Gasteiger partial charge in [0.2, 0.25) is 0 Å². The number of benzene rings is 1. The fourth-order valence-electron chi connectivity index (χ4n) is 4.42. The van der Waals surface area contributed by atoms with Crippen molar-refractivity contribution in [3.05, 3.63) is 46.0 Å². The van der Waals surface area contributed by atoms with Crippen molar-refractivity contribution >= 4 is 29.2 Å². The number of rotatable bonds is 4. The maximum Gasteiger partial charge on any atom is 0.322 e. The number of fused-ring (bicyclic) bond motifs is 3. The molecule has 0 bridgehead atoms. The average Bonchev–Trinajstić information content (AvgIpc) is 3.06. The van der Waals surface area contributed by atoms with Crippen molar-refractivity contribution < 1.29 is 19.1 Å². The zero-order valence-electron chi connectivity index (χ0n) is 18.1. The number of halogens is 2. The van der Waals surface area contributed by atoms with Gasteiger partial charge in [0.25, 0.3) is 5.91 Å². The van der Waals surface area contributed by atoms with E-state index >= 15 is 0 Å². The molecule has 172 valence electrons. The van der Waals surface area contributed by atoms with Crippen molar-refractivity contribution in [1.29, 1.82) is 0 Å². The van der Waals surface area contributed by atoms with Gasteiger partial charge in [0.1, 0.15) is 11.5 Å². The Balaban J connectivity index is 1.56. The number of aliphatic hydroxyl groups excluding tert-OH is 1. The van der Waals surface area contributed by atoms with Gasteiger partial charge in [-0.1, -0.05) is 24.9 Å². The highest BCUT2D eigenvalue weighted by molar-refractivity contribution is 6.31. The topological polar surface area (TPSA) is 90.7 Å².